The molecule has 5 rings (SSSR count). The highest BCUT2D eigenvalue weighted by atomic mass is 32.1. The molecule has 1 aliphatic carbocycles. The monoisotopic (exact) mass is 420 g/mol. The van der Waals surface area contributed by atoms with Crippen LogP contribution in [0.4, 0.5) is 5.13 Å². The molecule has 0 bridgehead atoms. The Morgan fingerprint density at radius 1 is 1.20 bits per heavy atom. The predicted octanol–water partition coefficient (Wildman–Crippen LogP) is 4.16. The van der Waals surface area contributed by atoms with Gasteiger partial charge in [-0.25, -0.2) is 4.98 Å². The number of nitrogens with zero attached hydrogens (tertiary/aromatic N) is 3. The van der Waals surface area contributed by atoms with Gasteiger partial charge >= 0.3 is 0 Å². The van der Waals surface area contributed by atoms with Crippen LogP contribution in [0.15, 0.2) is 36.4 Å². The fraction of sp³-hybridized carbons (Fsp3) is 0.417. The normalized spacial score (nSPS) is 19.3. The molecule has 0 spiro atoms. The van der Waals surface area contributed by atoms with Gasteiger partial charge in [0.05, 0.1) is 16.3 Å². The van der Waals surface area contributed by atoms with Crippen molar-refractivity contribution in [3.05, 3.63) is 58.7 Å². The molecule has 3 aromatic rings. The largest absolute Gasteiger partial charge is 0.345 e. The topological polar surface area (TPSA) is 48.5 Å². The van der Waals surface area contributed by atoms with Crippen molar-refractivity contribution in [3.63, 3.8) is 0 Å². The fourth-order valence-electron chi connectivity index (χ4n) is 4.66. The molecular formula is C24H28N4OS. The number of aryl methyl sites for hydroxylation is 2. The second kappa shape index (κ2) is 8.00. The maximum atomic E-state index is 13.0. The van der Waals surface area contributed by atoms with Crippen LogP contribution < -0.4 is 10.2 Å². The Kier molecular flexibility index (Phi) is 5.21. The predicted molar refractivity (Wildman–Crippen MR) is 124 cm³/mol. The van der Waals surface area contributed by atoms with Crippen LogP contribution in [0.1, 0.15) is 46.4 Å². The van der Waals surface area contributed by atoms with E-state index in [0.717, 1.165) is 72.0 Å². The number of fused-ring (bicyclic) bond motifs is 2. The molecule has 2 aromatic carbocycles. The number of rotatable bonds is 4. The van der Waals surface area contributed by atoms with Gasteiger partial charge in [-0.05, 0) is 55.1 Å². The molecule has 0 unspecified atom stereocenters. The first-order valence-electron chi connectivity index (χ1n) is 10.9. The Morgan fingerprint density at radius 2 is 2.00 bits per heavy atom. The Morgan fingerprint density at radius 3 is 2.80 bits per heavy atom. The van der Waals surface area contributed by atoms with Crippen LogP contribution in [-0.4, -0.2) is 48.5 Å². The van der Waals surface area contributed by atoms with E-state index in [-0.39, 0.29) is 11.9 Å². The summed E-state index contributed by atoms with van der Waals surface area (Å²) < 4.78 is 1.10. The van der Waals surface area contributed by atoms with Gasteiger partial charge in [0, 0.05) is 31.7 Å². The standard InChI is InChI=1S/C24H28N4OS/c1-3-27-10-12-28(13-11-27)24-26-22-16(2)14-18(15-21(22)30-24)23(29)25-20-9-8-17-6-4-5-7-19(17)20/h4-7,14-15,20H,3,8-13H2,1-2H3,(H,25,29)/t20-/m0/s1. The number of hydrogen-bond donors (Lipinski definition) is 1. The van der Waals surface area contributed by atoms with Gasteiger partial charge in [0.2, 0.25) is 0 Å². The number of aromatic nitrogens is 1. The summed E-state index contributed by atoms with van der Waals surface area (Å²) in [5.74, 6) is 0.00760. The molecule has 1 fully saturated rings. The fourth-order valence-corrected chi connectivity index (χ4v) is 5.79. The smallest absolute Gasteiger partial charge is 0.251 e. The number of nitrogens with one attached hydrogen (secondary N) is 1. The van der Waals surface area contributed by atoms with E-state index in [1.165, 1.54) is 11.1 Å². The highest BCUT2D eigenvalue weighted by molar-refractivity contribution is 7.22. The van der Waals surface area contributed by atoms with E-state index < -0.39 is 0 Å². The highest BCUT2D eigenvalue weighted by Gasteiger charge is 2.25. The SMILES string of the molecule is CCN1CCN(c2nc3c(C)cc(C(=O)N[C@H]4CCc5ccccc54)cc3s2)CC1. The second-order valence-electron chi connectivity index (χ2n) is 8.32. The lowest BCUT2D eigenvalue weighted by Crippen LogP contribution is -2.46. The second-order valence-corrected chi connectivity index (χ2v) is 9.33. The zero-order valence-electron chi connectivity index (χ0n) is 17.6. The van der Waals surface area contributed by atoms with E-state index in [0.29, 0.717) is 0 Å². The summed E-state index contributed by atoms with van der Waals surface area (Å²) in [4.78, 5) is 22.8. The van der Waals surface area contributed by atoms with Crippen molar-refractivity contribution in [2.45, 2.75) is 32.7 Å². The van der Waals surface area contributed by atoms with Crippen LogP contribution in [0.2, 0.25) is 0 Å². The van der Waals surface area contributed by atoms with Crippen LogP contribution in [-0.2, 0) is 6.42 Å². The molecule has 1 aromatic heterocycles. The van der Waals surface area contributed by atoms with Crippen molar-refractivity contribution in [2.24, 2.45) is 0 Å². The minimum absolute atomic E-state index is 0.00760. The van der Waals surface area contributed by atoms with Crippen LogP contribution in [0.3, 0.4) is 0 Å². The Bertz CT molecular complexity index is 1080. The number of likely N-dealkylation sites (N-methyl/N-ethyl adjacent to an activating group) is 1. The summed E-state index contributed by atoms with van der Waals surface area (Å²) in [6, 6.07) is 12.5. The average Bonchev–Trinajstić information content (AvgIpc) is 3.39. The third kappa shape index (κ3) is 3.59. The Labute approximate surface area is 181 Å². The summed E-state index contributed by atoms with van der Waals surface area (Å²) in [6.07, 6.45) is 2.00. The highest BCUT2D eigenvalue weighted by Crippen LogP contribution is 2.34. The number of amides is 1. The van der Waals surface area contributed by atoms with Crippen molar-refractivity contribution >= 4 is 32.6 Å². The lowest BCUT2D eigenvalue weighted by Gasteiger charge is -2.33. The average molecular weight is 421 g/mol. The molecule has 2 aliphatic rings. The van der Waals surface area contributed by atoms with E-state index in [4.69, 9.17) is 4.98 Å². The van der Waals surface area contributed by atoms with Gasteiger partial charge in [-0.3, -0.25) is 4.79 Å². The van der Waals surface area contributed by atoms with E-state index in [2.05, 4.69) is 53.2 Å². The van der Waals surface area contributed by atoms with Gasteiger partial charge in [-0.15, -0.1) is 0 Å². The molecule has 6 heteroatoms. The molecule has 1 atom stereocenters. The third-order valence-corrected chi connectivity index (χ3v) is 7.53. The van der Waals surface area contributed by atoms with Crippen LogP contribution in [0.5, 0.6) is 0 Å². The van der Waals surface area contributed by atoms with Crippen molar-refractivity contribution < 1.29 is 4.79 Å². The molecule has 30 heavy (non-hydrogen) atoms. The van der Waals surface area contributed by atoms with Crippen molar-refractivity contribution in [1.82, 2.24) is 15.2 Å². The van der Waals surface area contributed by atoms with Gasteiger partial charge in [-0.2, -0.15) is 0 Å². The minimum Gasteiger partial charge on any atom is -0.345 e. The van der Waals surface area contributed by atoms with Crippen molar-refractivity contribution in [2.75, 3.05) is 37.6 Å². The summed E-state index contributed by atoms with van der Waals surface area (Å²) in [6.45, 7) is 9.58. The van der Waals surface area contributed by atoms with Gasteiger partial charge in [0.15, 0.2) is 5.13 Å². The number of anilines is 1. The maximum Gasteiger partial charge on any atom is 0.251 e. The number of thiazole rings is 1. The summed E-state index contributed by atoms with van der Waals surface area (Å²) in [5.41, 5.74) is 5.44. The van der Waals surface area contributed by atoms with E-state index >= 15 is 0 Å². The van der Waals surface area contributed by atoms with Crippen LogP contribution in [0, 0.1) is 6.92 Å². The molecule has 156 valence electrons. The lowest BCUT2D eigenvalue weighted by molar-refractivity contribution is 0.0937. The summed E-state index contributed by atoms with van der Waals surface area (Å²) in [7, 11) is 0. The molecule has 2 heterocycles. The number of carbonyl (C=O) groups is 1. The number of carbonyl (C=O) groups excluding carboxylic acids is 1. The number of piperazine rings is 1. The van der Waals surface area contributed by atoms with Gasteiger partial charge in [-0.1, -0.05) is 42.5 Å². The molecule has 5 nitrogen and oxygen atoms in total. The quantitative estimate of drug-likeness (QED) is 0.688. The first-order valence-corrected chi connectivity index (χ1v) is 11.7. The summed E-state index contributed by atoms with van der Waals surface area (Å²) in [5, 5.41) is 4.33. The molecule has 0 radical (unpaired) electrons. The van der Waals surface area contributed by atoms with Gasteiger partial charge in [0.25, 0.3) is 5.91 Å². The first kappa shape index (κ1) is 19.5. The zero-order chi connectivity index (χ0) is 20.7. The van der Waals surface area contributed by atoms with Crippen molar-refractivity contribution in [1.29, 1.82) is 0 Å². The molecule has 1 N–H and O–H groups in total. The molecular weight excluding hydrogens is 392 g/mol. The van der Waals surface area contributed by atoms with Gasteiger partial charge in [0.1, 0.15) is 0 Å². The summed E-state index contributed by atoms with van der Waals surface area (Å²) >= 11 is 1.71. The van der Waals surface area contributed by atoms with E-state index in [1.54, 1.807) is 11.3 Å². The number of hydrogen-bond acceptors (Lipinski definition) is 5. The van der Waals surface area contributed by atoms with Crippen LogP contribution in [0.25, 0.3) is 10.2 Å². The lowest BCUT2D eigenvalue weighted by atomic mass is 10.1. The minimum atomic E-state index is 0.00760. The Balaban J connectivity index is 1.36. The van der Waals surface area contributed by atoms with E-state index in [1.807, 2.05) is 12.1 Å². The maximum absolute atomic E-state index is 13.0. The molecule has 1 amide bonds. The molecule has 1 aliphatic heterocycles. The molecule has 1 saturated heterocycles. The first-order chi connectivity index (χ1) is 14.6. The van der Waals surface area contributed by atoms with Crippen LogP contribution >= 0.6 is 11.3 Å². The Hall–Kier alpha value is -2.44. The van der Waals surface area contributed by atoms with E-state index in [9.17, 15) is 4.79 Å². The van der Waals surface area contributed by atoms with Crippen molar-refractivity contribution in [3.8, 4) is 0 Å². The number of benzene rings is 2. The zero-order valence-corrected chi connectivity index (χ0v) is 18.5. The third-order valence-electron chi connectivity index (χ3n) is 6.46. The molecule has 0 saturated carbocycles. The van der Waals surface area contributed by atoms with Gasteiger partial charge < -0.3 is 15.1 Å².